The van der Waals surface area contributed by atoms with Gasteiger partial charge >= 0.3 is 0 Å². The molecule has 0 saturated heterocycles. The zero-order chi connectivity index (χ0) is 16.7. The number of hydrogen-bond acceptors (Lipinski definition) is 5. The van der Waals surface area contributed by atoms with Crippen molar-refractivity contribution in [1.29, 1.82) is 0 Å². The second kappa shape index (κ2) is 8.07. The average Bonchev–Trinajstić information content (AvgIpc) is 2.51. The van der Waals surface area contributed by atoms with Gasteiger partial charge in [-0.3, -0.25) is 4.79 Å². The van der Waals surface area contributed by atoms with Crippen LogP contribution in [-0.4, -0.2) is 35.5 Å². The first-order chi connectivity index (χ1) is 11.1. The van der Waals surface area contributed by atoms with Crippen LogP contribution >= 0.6 is 0 Å². The first-order valence-electron chi connectivity index (χ1n) is 7.45. The molecule has 1 heterocycles. The summed E-state index contributed by atoms with van der Waals surface area (Å²) in [4.78, 5) is 20.4. The Morgan fingerprint density at radius 1 is 1.13 bits per heavy atom. The van der Waals surface area contributed by atoms with Crippen molar-refractivity contribution >= 4 is 17.5 Å². The van der Waals surface area contributed by atoms with Crippen LogP contribution in [0.1, 0.15) is 23.1 Å². The van der Waals surface area contributed by atoms with Crippen molar-refractivity contribution in [2.45, 2.75) is 13.8 Å². The maximum Gasteiger partial charge on any atom is 0.251 e. The van der Waals surface area contributed by atoms with Gasteiger partial charge in [-0.25, -0.2) is 14.4 Å². The summed E-state index contributed by atoms with van der Waals surface area (Å²) in [5.41, 5.74) is 0.303. The fraction of sp³-hybridized carbons (Fsp3) is 0.312. The van der Waals surface area contributed by atoms with Crippen molar-refractivity contribution in [2.75, 3.05) is 30.3 Å². The van der Waals surface area contributed by atoms with E-state index in [1.165, 1.54) is 18.2 Å². The molecule has 0 spiro atoms. The molecule has 0 atom stereocenters. The molecule has 2 rings (SSSR count). The highest BCUT2D eigenvalue weighted by Gasteiger charge is 2.06. The molecule has 0 aliphatic heterocycles. The fourth-order valence-electron chi connectivity index (χ4n) is 2.03. The van der Waals surface area contributed by atoms with Gasteiger partial charge in [0.25, 0.3) is 5.91 Å². The molecule has 6 nitrogen and oxygen atoms in total. The van der Waals surface area contributed by atoms with Crippen LogP contribution in [0.15, 0.2) is 30.3 Å². The lowest BCUT2D eigenvalue weighted by atomic mass is 10.2. The van der Waals surface area contributed by atoms with E-state index < -0.39 is 5.82 Å². The number of anilines is 2. The van der Waals surface area contributed by atoms with E-state index in [9.17, 15) is 9.18 Å². The van der Waals surface area contributed by atoms with Crippen LogP contribution in [0, 0.1) is 12.7 Å². The van der Waals surface area contributed by atoms with Crippen LogP contribution in [0.4, 0.5) is 16.0 Å². The van der Waals surface area contributed by atoms with E-state index in [-0.39, 0.29) is 5.91 Å². The summed E-state index contributed by atoms with van der Waals surface area (Å²) in [6, 6.07) is 7.40. The predicted octanol–water partition coefficient (Wildman–Crippen LogP) is 2.20. The number of aromatic nitrogens is 2. The Morgan fingerprint density at radius 3 is 2.57 bits per heavy atom. The highest BCUT2D eigenvalue weighted by Crippen LogP contribution is 2.10. The van der Waals surface area contributed by atoms with Gasteiger partial charge in [0.05, 0.1) is 0 Å². The third-order valence-electron chi connectivity index (χ3n) is 3.00. The Kier molecular flexibility index (Phi) is 5.85. The molecule has 0 unspecified atom stereocenters. The van der Waals surface area contributed by atoms with E-state index in [4.69, 9.17) is 0 Å². The lowest BCUT2D eigenvalue weighted by molar-refractivity contribution is 0.0954. The maximum atomic E-state index is 13.1. The number of rotatable bonds is 7. The van der Waals surface area contributed by atoms with Gasteiger partial charge in [0.15, 0.2) is 0 Å². The predicted molar refractivity (Wildman–Crippen MR) is 88.2 cm³/mol. The molecule has 0 fully saturated rings. The Morgan fingerprint density at radius 2 is 1.87 bits per heavy atom. The van der Waals surface area contributed by atoms with Crippen molar-refractivity contribution < 1.29 is 9.18 Å². The van der Waals surface area contributed by atoms with Crippen molar-refractivity contribution in [1.82, 2.24) is 15.3 Å². The molecular formula is C16H20FN5O. The van der Waals surface area contributed by atoms with E-state index in [1.54, 1.807) is 6.07 Å². The van der Waals surface area contributed by atoms with Gasteiger partial charge in [-0.05, 0) is 32.0 Å². The van der Waals surface area contributed by atoms with Gasteiger partial charge in [-0.15, -0.1) is 0 Å². The summed E-state index contributed by atoms with van der Waals surface area (Å²) < 4.78 is 13.1. The van der Waals surface area contributed by atoms with Crippen LogP contribution in [0.25, 0.3) is 0 Å². The maximum absolute atomic E-state index is 13.1. The molecule has 1 aromatic heterocycles. The molecule has 0 radical (unpaired) electrons. The molecule has 1 amide bonds. The summed E-state index contributed by atoms with van der Waals surface area (Å²) in [5.74, 6) is 1.37. The minimum Gasteiger partial charge on any atom is -0.370 e. The number of aryl methyl sites for hydroxylation is 1. The summed E-state index contributed by atoms with van der Waals surface area (Å²) in [6.45, 7) is 5.49. The van der Waals surface area contributed by atoms with Crippen molar-refractivity contribution in [2.24, 2.45) is 0 Å². The number of nitrogens with zero attached hydrogens (tertiary/aromatic N) is 2. The molecule has 7 heteroatoms. The zero-order valence-corrected chi connectivity index (χ0v) is 13.2. The lowest BCUT2D eigenvalue weighted by Gasteiger charge is -2.10. The van der Waals surface area contributed by atoms with Gasteiger partial charge in [0, 0.05) is 31.3 Å². The van der Waals surface area contributed by atoms with Crippen molar-refractivity contribution in [3.05, 3.63) is 47.5 Å². The summed E-state index contributed by atoms with van der Waals surface area (Å²) in [6.07, 6.45) is 0. The molecular weight excluding hydrogens is 297 g/mol. The highest BCUT2D eigenvalue weighted by molar-refractivity contribution is 5.94. The number of nitrogens with one attached hydrogen (secondary N) is 3. The standard InChI is InChI=1S/C16H20FN5O/c1-3-18-14-10-15(22-11(2)21-14)19-7-8-20-16(23)12-5-4-6-13(17)9-12/h4-6,9-10H,3,7-8H2,1-2H3,(H,20,23)(H2,18,19,21,22). The molecule has 122 valence electrons. The van der Waals surface area contributed by atoms with Gasteiger partial charge < -0.3 is 16.0 Å². The number of carbonyl (C=O) groups is 1. The number of carbonyl (C=O) groups excluding carboxylic acids is 1. The lowest BCUT2D eigenvalue weighted by Crippen LogP contribution is -2.29. The van der Waals surface area contributed by atoms with Crippen molar-refractivity contribution in [3.63, 3.8) is 0 Å². The Hall–Kier alpha value is -2.70. The van der Waals surface area contributed by atoms with Gasteiger partial charge in [-0.1, -0.05) is 6.07 Å². The molecule has 0 bridgehead atoms. The normalized spacial score (nSPS) is 10.2. The summed E-state index contributed by atoms with van der Waals surface area (Å²) in [7, 11) is 0. The average molecular weight is 317 g/mol. The van der Waals surface area contributed by atoms with Gasteiger partial charge in [0.2, 0.25) is 0 Å². The van der Waals surface area contributed by atoms with E-state index in [1.807, 2.05) is 19.9 Å². The minimum absolute atomic E-state index is 0.303. The van der Waals surface area contributed by atoms with E-state index in [2.05, 4.69) is 25.9 Å². The topological polar surface area (TPSA) is 78.9 Å². The largest absolute Gasteiger partial charge is 0.370 e. The second-order valence-electron chi connectivity index (χ2n) is 4.91. The summed E-state index contributed by atoms with van der Waals surface area (Å²) in [5, 5.41) is 8.97. The van der Waals surface area contributed by atoms with E-state index in [0.717, 1.165) is 12.4 Å². The number of amides is 1. The molecule has 23 heavy (non-hydrogen) atoms. The molecule has 0 aliphatic carbocycles. The molecule has 0 aliphatic rings. The molecule has 0 saturated carbocycles. The van der Waals surface area contributed by atoms with Crippen LogP contribution in [-0.2, 0) is 0 Å². The minimum atomic E-state index is -0.428. The van der Waals surface area contributed by atoms with E-state index in [0.29, 0.717) is 30.3 Å². The quantitative estimate of drug-likeness (QED) is 0.682. The monoisotopic (exact) mass is 317 g/mol. The van der Waals surface area contributed by atoms with E-state index >= 15 is 0 Å². The first-order valence-corrected chi connectivity index (χ1v) is 7.45. The fourth-order valence-corrected chi connectivity index (χ4v) is 2.03. The highest BCUT2D eigenvalue weighted by atomic mass is 19.1. The number of benzene rings is 1. The SMILES string of the molecule is CCNc1cc(NCCNC(=O)c2cccc(F)c2)nc(C)n1. The first kappa shape index (κ1) is 16.7. The zero-order valence-electron chi connectivity index (χ0n) is 13.2. The van der Waals surface area contributed by atoms with Crippen LogP contribution in [0.2, 0.25) is 0 Å². The Labute approximate surface area is 134 Å². The summed E-state index contributed by atoms with van der Waals surface area (Å²) >= 11 is 0. The van der Waals surface area contributed by atoms with Crippen LogP contribution in [0.3, 0.4) is 0 Å². The Balaban J connectivity index is 1.82. The molecule has 3 N–H and O–H groups in total. The second-order valence-corrected chi connectivity index (χ2v) is 4.91. The smallest absolute Gasteiger partial charge is 0.251 e. The number of halogens is 1. The van der Waals surface area contributed by atoms with Crippen LogP contribution < -0.4 is 16.0 Å². The molecule has 2 aromatic rings. The number of hydrogen-bond donors (Lipinski definition) is 3. The third-order valence-corrected chi connectivity index (χ3v) is 3.00. The van der Waals surface area contributed by atoms with Gasteiger partial charge in [0.1, 0.15) is 23.3 Å². The van der Waals surface area contributed by atoms with Gasteiger partial charge in [-0.2, -0.15) is 0 Å². The third kappa shape index (κ3) is 5.21. The van der Waals surface area contributed by atoms with Crippen LogP contribution in [0.5, 0.6) is 0 Å². The molecule has 1 aromatic carbocycles. The van der Waals surface area contributed by atoms with Crippen molar-refractivity contribution in [3.8, 4) is 0 Å². The Bertz CT molecular complexity index is 677.